The largest absolute Gasteiger partial charge is 0.382 e. The molecule has 2 rings (SSSR count). The Morgan fingerprint density at radius 2 is 2.20 bits per heavy atom. The smallest absolute Gasteiger partial charge is 0.265 e. The second-order valence-corrected chi connectivity index (χ2v) is 6.06. The average molecular weight is 298 g/mol. The lowest BCUT2D eigenvalue weighted by Gasteiger charge is -2.11. The summed E-state index contributed by atoms with van der Waals surface area (Å²) in [5.74, 6) is 0.150. The second-order valence-electron chi connectivity index (χ2n) is 5.08. The third-order valence-corrected chi connectivity index (χ3v) is 4.19. The van der Waals surface area contributed by atoms with Crippen molar-refractivity contribution < 1.29 is 9.53 Å². The molecule has 7 heteroatoms. The lowest BCUT2D eigenvalue weighted by atomic mass is 10.4. The number of hydrogen-bond donors (Lipinski definition) is 2. The topological polar surface area (TPSA) is 80.5 Å². The Labute approximate surface area is 123 Å². The van der Waals surface area contributed by atoms with Gasteiger partial charge in [-0.3, -0.25) is 4.79 Å². The van der Waals surface area contributed by atoms with Gasteiger partial charge in [0.1, 0.15) is 10.7 Å². The maximum absolute atomic E-state index is 12.0. The number of nitrogens with one attached hydrogen (secondary N) is 1. The first-order chi connectivity index (χ1) is 9.58. The van der Waals surface area contributed by atoms with E-state index in [-0.39, 0.29) is 12.0 Å². The minimum Gasteiger partial charge on any atom is -0.382 e. The number of carbonyl (C=O) groups excluding carboxylic acids is 1. The summed E-state index contributed by atoms with van der Waals surface area (Å²) in [4.78, 5) is 19.0. The standard InChI is InChI=1S/C13H22N4O2S/c1-9(2)19-8-5-15-12(18)10-11(14)16-13(20-10)17-6-3-4-7-17/h9H,3-8,14H2,1-2H3,(H,15,18). The van der Waals surface area contributed by atoms with E-state index in [2.05, 4.69) is 15.2 Å². The van der Waals surface area contributed by atoms with Crippen LogP contribution >= 0.6 is 11.3 Å². The van der Waals surface area contributed by atoms with Gasteiger partial charge in [-0.25, -0.2) is 4.98 Å². The van der Waals surface area contributed by atoms with Crippen LogP contribution in [0.4, 0.5) is 10.9 Å². The Bertz CT molecular complexity index is 455. The molecule has 1 aromatic rings. The first-order valence-corrected chi connectivity index (χ1v) is 7.80. The molecule has 0 aliphatic carbocycles. The minimum absolute atomic E-state index is 0.169. The molecule has 1 saturated heterocycles. The van der Waals surface area contributed by atoms with Crippen molar-refractivity contribution in [3.63, 3.8) is 0 Å². The summed E-state index contributed by atoms with van der Waals surface area (Å²) in [6.07, 6.45) is 2.52. The van der Waals surface area contributed by atoms with Gasteiger partial charge in [-0.05, 0) is 26.7 Å². The van der Waals surface area contributed by atoms with Crippen LogP contribution in [0.25, 0.3) is 0 Å². The summed E-state index contributed by atoms with van der Waals surface area (Å²) in [6, 6.07) is 0. The molecule has 0 bridgehead atoms. The number of anilines is 2. The SMILES string of the molecule is CC(C)OCCNC(=O)c1sc(N2CCCC2)nc1N. The zero-order valence-electron chi connectivity index (χ0n) is 12.0. The molecule has 1 amide bonds. The molecular weight excluding hydrogens is 276 g/mol. The van der Waals surface area contributed by atoms with Gasteiger partial charge in [0.25, 0.3) is 5.91 Å². The molecule has 0 atom stereocenters. The normalized spacial score (nSPS) is 15.1. The molecule has 6 nitrogen and oxygen atoms in total. The molecule has 1 fully saturated rings. The number of rotatable bonds is 6. The number of thiazole rings is 1. The van der Waals surface area contributed by atoms with Crippen LogP contribution < -0.4 is 16.0 Å². The molecule has 3 N–H and O–H groups in total. The third-order valence-electron chi connectivity index (χ3n) is 3.06. The van der Waals surface area contributed by atoms with Gasteiger partial charge in [-0.2, -0.15) is 0 Å². The van der Waals surface area contributed by atoms with Crippen LogP contribution in [0.5, 0.6) is 0 Å². The van der Waals surface area contributed by atoms with Gasteiger partial charge < -0.3 is 20.7 Å². The van der Waals surface area contributed by atoms with Crippen molar-refractivity contribution >= 4 is 28.2 Å². The fraction of sp³-hybridized carbons (Fsp3) is 0.692. The van der Waals surface area contributed by atoms with E-state index in [1.54, 1.807) is 0 Å². The summed E-state index contributed by atoms with van der Waals surface area (Å²) in [5, 5.41) is 3.66. The second kappa shape index (κ2) is 6.90. The lowest BCUT2D eigenvalue weighted by Crippen LogP contribution is -2.28. The first kappa shape index (κ1) is 15.1. The van der Waals surface area contributed by atoms with Crippen molar-refractivity contribution in [3.8, 4) is 0 Å². The van der Waals surface area contributed by atoms with E-state index in [1.165, 1.54) is 24.2 Å². The number of nitrogens with two attached hydrogens (primary N) is 1. The molecule has 0 radical (unpaired) electrons. The van der Waals surface area contributed by atoms with E-state index >= 15 is 0 Å². The highest BCUT2D eigenvalue weighted by Gasteiger charge is 2.21. The quantitative estimate of drug-likeness (QED) is 0.778. The van der Waals surface area contributed by atoms with Crippen LogP contribution in [0, 0.1) is 0 Å². The van der Waals surface area contributed by atoms with Gasteiger partial charge in [0.05, 0.1) is 12.7 Å². The van der Waals surface area contributed by atoms with E-state index < -0.39 is 0 Å². The fourth-order valence-electron chi connectivity index (χ4n) is 2.07. The number of hydrogen-bond acceptors (Lipinski definition) is 6. The first-order valence-electron chi connectivity index (χ1n) is 6.99. The molecule has 0 unspecified atom stereocenters. The Kier molecular flexibility index (Phi) is 5.19. The molecule has 0 saturated carbocycles. The van der Waals surface area contributed by atoms with Crippen LogP contribution in [-0.4, -0.2) is 43.2 Å². The lowest BCUT2D eigenvalue weighted by molar-refractivity contribution is 0.0748. The van der Waals surface area contributed by atoms with Gasteiger partial charge in [-0.15, -0.1) is 0 Å². The van der Waals surface area contributed by atoms with E-state index in [4.69, 9.17) is 10.5 Å². The molecule has 0 aromatic carbocycles. The summed E-state index contributed by atoms with van der Waals surface area (Å²) < 4.78 is 5.38. The van der Waals surface area contributed by atoms with E-state index in [1.807, 2.05) is 13.8 Å². The number of nitrogen functional groups attached to an aromatic ring is 1. The number of nitrogens with zero attached hydrogens (tertiary/aromatic N) is 2. The van der Waals surface area contributed by atoms with Crippen LogP contribution in [-0.2, 0) is 4.74 Å². The molecule has 20 heavy (non-hydrogen) atoms. The zero-order valence-corrected chi connectivity index (χ0v) is 12.8. The minimum atomic E-state index is -0.169. The predicted octanol–water partition coefficient (Wildman–Crippen LogP) is 1.48. The monoisotopic (exact) mass is 298 g/mol. The molecular formula is C13H22N4O2S. The van der Waals surface area contributed by atoms with E-state index in [0.29, 0.717) is 23.8 Å². The highest BCUT2D eigenvalue weighted by molar-refractivity contribution is 7.18. The summed E-state index contributed by atoms with van der Waals surface area (Å²) in [5.41, 5.74) is 5.84. The van der Waals surface area contributed by atoms with Crippen LogP contribution in [0.15, 0.2) is 0 Å². The Hall–Kier alpha value is -1.34. The number of carbonyl (C=O) groups is 1. The molecule has 0 spiro atoms. The van der Waals surface area contributed by atoms with Crippen molar-refractivity contribution in [3.05, 3.63) is 4.88 Å². The maximum atomic E-state index is 12.0. The van der Waals surface area contributed by atoms with Gasteiger partial charge >= 0.3 is 0 Å². The van der Waals surface area contributed by atoms with Gasteiger partial charge in [0.15, 0.2) is 5.13 Å². The number of amides is 1. The Balaban J connectivity index is 1.89. The van der Waals surface area contributed by atoms with Crippen LogP contribution in [0.3, 0.4) is 0 Å². The van der Waals surface area contributed by atoms with E-state index in [9.17, 15) is 4.79 Å². The van der Waals surface area contributed by atoms with Crippen molar-refractivity contribution in [2.24, 2.45) is 0 Å². The van der Waals surface area contributed by atoms with Crippen molar-refractivity contribution in [2.45, 2.75) is 32.8 Å². The summed E-state index contributed by atoms with van der Waals surface area (Å²) in [6.45, 7) is 6.90. The Morgan fingerprint density at radius 1 is 1.50 bits per heavy atom. The Morgan fingerprint density at radius 3 is 2.85 bits per heavy atom. The summed E-state index contributed by atoms with van der Waals surface area (Å²) in [7, 11) is 0. The fourth-order valence-corrected chi connectivity index (χ4v) is 3.02. The summed E-state index contributed by atoms with van der Waals surface area (Å²) >= 11 is 1.37. The molecule has 112 valence electrons. The maximum Gasteiger partial charge on any atom is 0.265 e. The highest BCUT2D eigenvalue weighted by Crippen LogP contribution is 2.30. The third kappa shape index (κ3) is 3.83. The highest BCUT2D eigenvalue weighted by atomic mass is 32.1. The number of ether oxygens (including phenoxy) is 1. The van der Waals surface area contributed by atoms with Crippen molar-refractivity contribution in [2.75, 3.05) is 36.9 Å². The molecule has 2 heterocycles. The average Bonchev–Trinajstić information content (AvgIpc) is 3.02. The molecule has 1 aliphatic heterocycles. The molecule has 1 aromatic heterocycles. The van der Waals surface area contributed by atoms with Gasteiger partial charge in [0.2, 0.25) is 0 Å². The number of aromatic nitrogens is 1. The van der Waals surface area contributed by atoms with Crippen LogP contribution in [0.1, 0.15) is 36.4 Å². The zero-order chi connectivity index (χ0) is 14.5. The van der Waals surface area contributed by atoms with Crippen molar-refractivity contribution in [1.29, 1.82) is 0 Å². The molecule has 1 aliphatic rings. The van der Waals surface area contributed by atoms with Crippen LogP contribution in [0.2, 0.25) is 0 Å². The predicted molar refractivity (Wildman–Crippen MR) is 81.4 cm³/mol. The van der Waals surface area contributed by atoms with E-state index in [0.717, 1.165) is 18.2 Å². The van der Waals surface area contributed by atoms with Gasteiger partial charge in [0, 0.05) is 19.6 Å². The van der Waals surface area contributed by atoms with Gasteiger partial charge in [-0.1, -0.05) is 11.3 Å². The van der Waals surface area contributed by atoms with Crippen molar-refractivity contribution in [1.82, 2.24) is 10.3 Å².